The van der Waals surface area contributed by atoms with Crippen LogP contribution in [-0.2, 0) is 23.7 Å². The maximum atomic E-state index is 12.8. The van der Waals surface area contributed by atoms with Crippen molar-refractivity contribution in [1.29, 1.82) is 0 Å². The number of hydrogen-bond acceptors (Lipinski definition) is 16. The number of nitrogens with two attached hydrogens (primary N) is 4. The number of rotatable bonds is 11. The molecule has 17 heteroatoms. The Balaban J connectivity index is 1.51. The van der Waals surface area contributed by atoms with Crippen molar-refractivity contribution >= 4 is 5.91 Å². The minimum absolute atomic E-state index is 0.00775. The number of hydrogen-bond donors (Lipinski definition) is 12. The van der Waals surface area contributed by atoms with Gasteiger partial charge in [0.1, 0.15) is 36.6 Å². The average molecular weight is 595 g/mol. The summed E-state index contributed by atoms with van der Waals surface area (Å²) in [6.07, 6.45) is -9.51. The molecule has 0 aromatic rings. The van der Waals surface area contributed by atoms with Crippen LogP contribution < -0.4 is 33.6 Å². The van der Waals surface area contributed by atoms with Crippen molar-refractivity contribution in [1.82, 2.24) is 10.6 Å². The van der Waals surface area contributed by atoms with Crippen molar-refractivity contribution in [2.75, 3.05) is 26.3 Å². The van der Waals surface area contributed by atoms with Crippen LogP contribution in [0.15, 0.2) is 0 Å². The van der Waals surface area contributed by atoms with E-state index < -0.39 is 97.5 Å². The Hall–Kier alpha value is -1.13. The zero-order chi connectivity index (χ0) is 30.1. The lowest BCUT2D eigenvalue weighted by Gasteiger charge is -2.48. The minimum atomic E-state index is -1.77. The molecule has 0 aromatic carbocycles. The predicted molar refractivity (Wildman–Crippen MR) is 139 cm³/mol. The lowest BCUT2D eigenvalue weighted by atomic mass is 9.83. The molecule has 2 aliphatic heterocycles. The molecule has 17 nitrogen and oxygen atoms in total. The highest BCUT2D eigenvalue weighted by Gasteiger charge is 2.59. The van der Waals surface area contributed by atoms with Gasteiger partial charge in [-0.2, -0.15) is 0 Å². The second kappa shape index (κ2) is 13.7. The molecule has 2 unspecified atom stereocenters. The summed E-state index contributed by atoms with van der Waals surface area (Å²) in [5.41, 5.74) is 22.5. The summed E-state index contributed by atoms with van der Waals surface area (Å²) in [5, 5.41) is 67.1. The Morgan fingerprint density at radius 2 is 1.61 bits per heavy atom. The quantitative estimate of drug-likeness (QED) is 0.0989. The number of carbonyl (C=O) groups is 1. The number of nitrogens with one attached hydrogen (secondary N) is 2. The van der Waals surface area contributed by atoms with E-state index in [1.165, 1.54) is 0 Å². The summed E-state index contributed by atoms with van der Waals surface area (Å²) >= 11 is 0. The van der Waals surface area contributed by atoms with Crippen LogP contribution in [0.2, 0.25) is 0 Å². The first-order chi connectivity index (χ1) is 19.4. The van der Waals surface area contributed by atoms with Gasteiger partial charge in [-0.15, -0.1) is 0 Å². The van der Waals surface area contributed by atoms with E-state index in [1.807, 2.05) is 0 Å². The molecule has 2 saturated carbocycles. The Kier molecular flexibility index (Phi) is 10.9. The van der Waals surface area contributed by atoms with Crippen LogP contribution >= 0.6 is 0 Å². The number of aliphatic hydroxyl groups excluding tert-OH is 5. The van der Waals surface area contributed by atoms with E-state index in [-0.39, 0.29) is 25.6 Å². The Morgan fingerprint density at radius 1 is 0.927 bits per heavy atom. The molecule has 0 aromatic heterocycles. The molecule has 2 heterocycles. The monoisotopic (exact) mass is 594 g/mol. The van der Waals surface area contributed by atoms with Gasteiger partial charge >= 0.3 is 0 Å². The highest BCUT2D eigenvalue weighted by Crippen LogP contribution is 2.36. The Morgan fingerprint density at radius 3 is 2.24 bits per heavy atom. The molecular weight excluding hydrogens is 548 g/mol. The first-order valence-corrected chi connectivity index (χ1v) is 14.0. The van der Waals surface area contributed by atoms with Gasteiger partial charge in [0.05, 0.1) is 37.4 Å². The van der Waals surface area contributed by atoms with Crippen LogP contribution in [0, 0.1) is 0 Å². The molecule has 238 valence electrons. The highest BCUT2D eigenvalue weighted by atomic mass is 16.7. The fourth-order valence-electron chi connectivity index (χ4n) is 5.60. The summed E-state index contributed by atoms with van der Waals surface area (Å²) in [7, 11) is 0. The third-order valence-corrected chi connectivity index (χ3v) is 8.39. The maximum absolute atomic E-state index is 12.8. The van der Waals surface area contributed by atoms with E-state index in [0.29, 0.717) is 25.9 Å². The first-order valence-electron chi connectivity index (χ1n) is 14.0. The predicted octanol–water partition coefficient (Wildman–Crippen LogP) is -7.02. The average Bonchev–Trinajstić information content (AvgIpc) is 3.57. The summed E-state index contributed by atoms with van der Waals surface area (Å²) in [5.74, 6) is -0.774. The largest absolute Gasteiger partial charge is 0.395 e. The van der Waals surface area contributed by atoms with E-state index in [4.69, 9.17) is 47.0 Å². The number of carbonyl (C=O) groups excluding carboxylic acids is 1. The molecule has 2 aliphatic carbocycles. The molecule has 4 fully saturated rings. The first kappa shape index (κ1) is 32.8. The lowest BCUT2D eigenvalue weighted by molar-refractivity contribution is -0.314. The third kappa shape index (κ3) is 7.17. The van der Waals surface area contributed by atoms with Gasteiger partial charge in [0, 0.05) is 31.6 Å². The summed E-state index contributed by atoms with van der Waals surface area (Å²) in [6, 6.07) is -4.37. The van der Waals surface area contributed by atoms with Crippen molar-refractivity contribution in [3.05, 3.63) is 0 Å². The number of amides is 1. The van der Waals surface area contributed by atoms with Crippen molar-refractivity contribution in [3.8, 4) is 0 Å². The molecular formula is C24H46N6O11. The van der Waals surface area contributed by atoms with Crippen LogP contribution in [0.4, 0.5) is 0 Å². The zero-order valence-corrected chi connectivity index (χ0v) is 22.8. The molecule has 4 rings (SSSR count). The third-order valence-electron chi connectivity index (χ3n) is 8.39. The molecule has 0 bridgehead atoms. The summed E-state index contributed by atoms with van der Waals surface area (Å²) in [6.45, 7) is 0.191. The lowest BCUT2D eigenvalue weighted by Crippen LogP contribution is -2.69. The van der Waals surface area contributed by atoms with Crippen molar-refractivity contribution in [3.63, 3.8) is 0 Å². The van der Waals surface area contributed by atoms with E-state index in [9.17, 15) is 30.3 Å². The van der Waals surface area contributed by atoms with E-state index in [1.54, 1.807) is 0 Å². The van der Waals surface area contributed by atoms with Crippen molar-refractivity contribution < 1.29 is 54.4 Å². The fraction of sp³-hybridized carbons (Fsp3) is 0.958. The van der Waals surface area contributed by atoms with Crippen LogP contribution in [0.25, 0.3) is 0 Å². The van der Waals surface area contributed by atoms with Gasteiger partial charge in [-0.25, -0.2) is 0 Å². The van der Waals surface area contributed by atoms with Gasteiger partial charge < -0.3 is 83.2 Å². The van der Waals surface area contributed by atoms with E-state index in [2.05, 4.69) is 10.6 Å². The normalized spacial score (nSPS) is 48.5. The van der Waals surface area contributed by atoms with Gasteiger partial charge in [-0.3, -0.25) is 4.79 Å². The number of ether oxygens (including phenoxy) is 4. The SMILES string of the molecule is NC1CC1(O)C(=O)N[C@@H]1C[C@H](N)[C@@H](O[C@H]2O[C@H](CNCCO)CC[C@H]2N)[C@H](O)[C@H]1O[C@H]1O[C@H](CO)[C@@H](O)[C@H](N)[C@H]1O. The van der Waals surface area contributed by atoms with Crippen molar-refractivity contribution in [2.45, 2.75) is 117 Å². The van der Waals surface area contributed by atoms with Crippen LogP contribution in [0.3, 0.4) is 0 Å². The molecule has 1 amide bonds. The van der Waals surface area contributed by atoms with Gasteiger partial charge in [-0.1, -0.05) is 0 Å². The minimum Gasteiger partial charge on any atom is -0.395 e. The highest BCUT2D eigenvalue weighted by molar-refractivity contribution is 5.89. The smallest absolute Gasteiger partial charge is 0.253 e. The molecule has 2 saturated heterocycles. The second-order valence-corrected chi connectivity index (χ2v) is 11.5. The molecule has 15 atom stereocenters. The van der Waals surface area contributed by atoms with Crippen LogP contribution in [-0.4, -0.2) is 154 Å². The Bertz CT molecular complexity index is 878. The van der Waals surface area contributed by atoms with Crippen LogP contribution in [0.1, 0.15) is 25.7 Å². The van der Waals surface area contributed by atoms with E-state index in [0.717, 1.165) is 0 Å². The van der Waals surface area contributed by atoms with Gasteiger partial charge in [0.25, 0.3) is 5.91 Å². The maximum Gasteiger partial charge on any atom is 0.253 e. The van der Waals surface area contributed by atoms with Gasteiger partial charge in [0.2, 0.25) is 0 Å². The Labute approximate surface area is 237 Å². The van der Waals surface area contributed by atoms with E-state index >= 15 is 0 Å². The fourth-order valence-corrected chi connectivity index (χ4v) is 5.60. The second-order valence-electron chi connectivity index (χ2n) is 11.5. The van der Waals surface area contributed by atoms with Gasteiger partial charge in [-0.05, 0) is 19.3 Å². The topological polar surface area (TPSA) is 304 Å². The molecule has 4 aliphatic rings. The summed E-state index contributed by atoms with van der Waals surface area (Å²) in [4.78, 5) is 12.8. The summed E-state index contributed by atoms with van der Waals surface area (Å²) < 4.78 is 23.6. The molecule has 0 spiro atoms. The van der Waals surface area contributed by atoms with Crippen molar-refractivity contribution in [2.24, 2.45) is 22.9 Å². The van der Waals surface area contributed by atoms with Crippen LogP contribution in [0.5, 0.6) is 0 Å². The number of aliphatic hydroxyl groups is 6. The molecule has 0 radical (unpaired) electrons. The standard InChI is InChI=1S/C24H46N6O11/c25-10-2-1-9(7-29-3-4-31)38-21(10)40-19-11(26)5-12(30-23(36)24(37)6-14(24)27)20(18(19)35)41-22-17(34)15(28)16(33)13(8-32)39-22/h9-22,29,31-35,37H,1-8,25-28H2,(H,30,36)/t9-,10+,11-,12+,13+,14?,15-,16+,17+,18-,19+,20-,21+,22+,24?/m0/s1. The molecule has 41 heavy (non-hydrogen) atoms. The zero-order valence-electron chi connectivity index (χ0n) is 22.8. The van der Waals surface area contributed by atoms with Gasteiger partial charge in [0.15, 0.2) is 18.2 Å². The molecule has 16 N–H and O–H groups in total.